The highest BCUT2D eigenvalue weighted by Gasteiger charge is 2.40. The highest BCUT2D eigenvalue weighted by molar-refractivity contribution is 7.91. The summed E-state index contributed by atoms with van der Waals surface area (Å²) in [6.07, 6.45) is 5.41. The number of fused-ring (bicyclic) bond motifs is 1. The van der Waals surface area contributed by atoms with Crippen LogP contribution in [0.2, 0.25) is 0 Å². The van der Waals surface area contributed by atoms with Crippen LogP contribution in [0.4, 0.5) is 0 Å². The number of hydrogen-bond donors (Lipinski definition) is 1. The quantitative estimate of drug-likeness (QED) is 0.795. The van der Waals surface area contributed by atoms with E-state index in [9.17, 15) is 8.42 Å². The number of rotatable bonds is 2. The maximum atomic E-state index is 11.7. The summed E-state index contributed by atoms with van der Waals surface area (Å²) in [5, 5.41) is 3.37. The van der Waals surface area contributed by atoms with Gasteiger partial charge in [-0.1, -0.05) is 6.42 Å². The van der Waals surface area contributed by atoms with Crippen molar-refractivity contribution in [2.24, 2.45) is 11.8 Å². The smallest absolute Gasteiger partial charge is 0.150 e. The Balaban J connectivity index is 1.63. The van der Waals surface area contributed by atoms with E-state index in [0.29, 0.717) is 6.04 Å². The third kappa shape index (κ3) is 2.45. The molecule has 1 aliphatic carbocycles. The van der Waals surface area contributed by atoms with Crippen molar-refractivity contribution in [3.05, 3.63) is 0 Å². The summed E-state index contributed by atoms with van der Waals surface area (Å²) < 4.78 is 23.4. The lowest BCUT2D eigenvalue weighted by Gasteiger charge is -2.35. The van der Waals surface area contributed by atoms with E-state index < -0.39 is 9.84 Å². The topological polar surface area (TPSA) is 49.4 Å². The third-order valence-corrected chi connectivity index (χ3v) is 6.78. The van der Waals surface area contributed by atoms with E-state index in [1.165, 1.54) is 25.8 Å². The fraction of sp³-hybridized carbons (Fsp3) is 1.00. The third-order valence-electron chi connectivity index (χ3n) is 5.14. The van der Waals surface area contributed by atoms with Crippen LogP contribution in [0.15, 0.2) is 0 Å². The summed E-state index contributed by atoms with van der Waals surface area (Å²) >= 11 is 0. The molecule has 2 aliphatic heterocycles. The van der Waals surface area contributed by atoms with Crippen molar-refractivity contribution in [2.75, 3.05) is 32.4 Å². The van der Waals surface area contributed by atoms with Gasteiger partial charge in [-0.3, -0.25) is 4.90 Å². The van der Waals surface area contributed by atoms with Crippen LogP contribution in [0.3, 0.4) is 0 Å². The maximum Gasteiger partial charge on any atom is 0.150 e. The average molecular weight is 272 g/mol. The van der Waals surface area contributed by atoms with Crippen molar-refractivity contribution < 1.29 is 8.42 Å². The summed E-state index contributed by atoms with van der Waals surface area (Å²) in [6, 6.07) is 0.518. The molecule has 3 aliphatic rings. The average Bonchev–Trinajstić information content (AvgIpc) is 2.88. The van der Waals surface area contributed by atoms with Crippen molar-refractivity contribution in [2.45, 2.75) is 37.0 Å². The SMILES string of the molecule is CS(=O)(=O)C1CCCC(N2CC3CNCC3C2)C1. The van der Waals surface area contributed by atoms with E-state index in [1.54, 1.807) is 0 Å². The first-order valence-electron chi connectivity index (χ1n) is 7.17. The van der Waals surface area contributed by atoms with E-state index in [-0.39, 0.29) is 5.25 Å². The molecule has 4 nitrogen and oxygen atoms in total. The van der Waals surface area contributed by atoms with Gasteiger partial charge in [0.25, 0.3) is 0 Å². The Hall–Kier alpha value is -0.130. The molecule has 0 aromatic carbocycles. The second-order valence-corrected chi connectivity index (χ2v) is 8.73. The first kappa shape index (κ1) is 12.9. The predicted octanol–water partition coefficient (Wildman–Crippen LogP) is 0.493. The van der Waals surface area contributed by atoms with Crippen LogP contribution in [-0.4, -0.2) is 57.0 Å². The fourth-order valence-corrected chi connectivity index (χ4v) is 5.20. The van der Waals surface area contributed by atoms with Gasteiger partial charge in [0.1, 0.15) is 9.84 Å². The van der Waals surface area contributed by atoms with Crippen molar-refractivity contribution in [1.82, 2.24) is 10.2 Å². The Morgan fingerprint density at radius 2 is 1.78 bits per heavy atom. The van der Waals surface area contributed by atoms with Crippen molar-refractivity contribution in [1.29, 1.82) is 0 Å². The molecule has 0 spiro atoms. The van der Waals surface area contributed by atoms with Crippen LogP contribution in [0.1, 0.15) is 25.7 Å². The zero-order valence-electron chi connectivity index (χ0n) is 11.1. The molecule has 4 atom stereocenters. The van der Waals surface area contributed by atoms with E-state index in [0.717, 1.165) is 44.2 Å². The van der Waals surface area contributed by atoms with Crippen LogP contribution in [0.5, 0.6) is 0 Å². The fourth-order valence-electron chi connectivity index (χ4n) is 4.03. The molecule has 0 amide bonds. The first-order chi connectivity index (χ1) is 8.54. The molecule has 2 heterocycles. The van der Waals surface area contributed by atoms with Gasteiger partial charge in [0.2, 0.25) is 0 Å². The van der Waals surface area contributed by atoms with Gasteiger partial charge in [0.15, 0.2) is 0 Å². The molecule has 0 bridgehead atoms. The summed E-state index contributed by atoms with van der Waals surface area (Å²) in [7, 11) is -2.85. The maximum absolute atomic E-state index is 11.7. The van der Waals surface area contributed by atoms with E-state index in [4.69, 9.17) is 0 Å². The Morgan fingerprint density at radius 3 is 2.39 bits per heavy atom. The van der Waals surface area contributed by atoms with Gasteiger partial charge in [0, 0.05) is 25.4 Å². The van der Waals surface area contributed by atoms with E-state index in [2.05, 4.69) is 10.2 Å². The Morgan fingerprint density at radius 1 is 1.11 bits per heavy atom. The summed E-state index contributed by atoms with van der Waals surface area (Å²) in [4.78, 5) is 2.58. The molecular formula is C13H24N2O2S. The molecule has 0 radical (unpaired) electrons. The van der Waals surface area contributed by atoms with E-state index in [1.807, 2.05) is 0 Å². The molecule has 0 aromatic rings. The Bertz CT molecular complexity index is 397. The number of likely N-dealkylation sites (tertiary alicyclic amines) is 1. The lowest BCUT2D eigenvalue weighted by molar-refractivity contribution is 0.180. The van der Waals surface area contributed by atoms with Crippen LogP contribution in [0, 0.1) is 11.8 Å². The van der Waals surface area contributed by atoms with Gasteiger partial charge >= 0.3 is 0 Å². The highest BCUT2D eigenvalue weighted by Crippen LogP contribution is 2.33. The Labute approximate surface area is 110 Å². The predicted molar refractivity (Wildman–Crippen MR) is 72.3 cm³/mol. The van der Waals surface area contributed by atoms with E-state index >= 15 is 0 Å². The van der Waals surface area contributed by atoms with Gasteiger partial charge in [0.05, 0.1) is 5.25 Å². The zero-order chi connectivity index (χ0) is 12.8. The second-order valence-electron chi connectivity index (χ2n) is 6.40. The van der Waals surface area contributed by atoms with Crippen molar-refractivity contribution in [3.63, 3.8) is 0 Å². The van der Waals surface area contributed by atoms with Gasteiger partial charge < -0.3 is 5.32 Å². The summed E-state index contributed by atoms with van der Waals surface area (Å²) in [5.74, 6) is 1.62. The molecule has 4 unspecified atom stereocenters. The van der Waals surface area contributed by atoms with Crippen molar-refractivity contribution in [3.8, 4) is 0 Å². The molecule has 1 N–H and O–H groups in total. The highest BCUT2D eigenvalue weighted by atomic mass is 32.2. The molecule has 18 heavy (non-hydrogen) atoms. The number of nitrogens with zero attached hydrogens (tertiary/aromatic N) is 1. The standard InChI is InChI=1S/C13H24N2O2S/c1-18(16,17)13-4-2-3-12(5-13)15-8-10-6-14-7-11(10)9-15/h10-14H,2-9H2,1H3. The lowest BCUT2D eigenvalue weighted by atomic mass is 9.94. The van der Waals surface area contributed by atoms with Crippen LogP contribution in [-0.2, 0) is 9.84 Å². The number of sulfone groups is 1. The lowest BCUT2D eigenvalue weighted by Crippen LogP contribution is -2.42. The minimum Gasteiger partial charge on any atom is -0.316 e. The molecular weight excluding hydrogens is 248 g/mol. The minimum atomic E-state index is -2.85. The van der Waals surface area contributed by atoms with Gasteiger partial charge in [-0.25, -0.2) is 8.42 Å². The van der Waals surface area contributed by atoms with Gasteiger partial charge in [-0.2, -0.15) is 0 Å². The second kappa shape index (κ2) is 4.76. The summed E-state index contributed by atoms with van der Waals surface area (Å²) in [5.41, 5.74) is 0. The van der Waals surface area contributed by atoms with Crippen molar-refractivity contribution >= 4 is 9.84 Å². The molecule has 0 aromatic heterocycles. The molecule has 5 heteroatoms. The normalized spacial score (nSPS) is 42.1. The van der Waals surface area contributed by atoms with Crippen LogP contribution < -0.4 is 5.32 Å². The molecule has 3 rings (SSSR count). The molecule has 1 saturated carbocycles. The van der Waals surface area contributed by atoms with Gasteiger partial charge in [-0.05, 0) is 44.2 Å². The van der Waals surface area contributed by atoms with Crippen LogP contribution in [0.25, 0.3) is 0 Å². The largest absolute Gasteiger partial charge is 0.316 e. The first-order valence-corrected chi connectivity index (χ1v) is 9.13. The molecule has 2 saturated heterocycles. The Kier molecular flexibility index (Phi) is 3.41. The van der Waals surface area contributed by atoms with Crippen LogP contribution >= 0.6 is 0 Å². The molecule has 3 fully saturated rings. The number of nitrogens with one attached hydrogen (secondary N) is 1. The summed E-state index contributed by atoms with van der Waals surface area (Å²) in [6.45, 7) is 4.67. The molecule has 104 valence electrons. The van der Waals surface area contributed by atoms with Gasteiger partial charge in [-0.15, -0.1) is 0 Å². The zero-order valence-corrected chi connectivity index (χ0v) is 12.0. The minimum absolute atomic E-state index is 0.0881. The number of hydrogen-bond acceptors (Lipinski definition) is 4. The monoisotopic (exact) mass is 272 g/mol.